The van der Waals surface area contributed by atoms with Crippen LogP contribution in [0.1, 0.15) is 16.3 Å². The van der Waals surface area contributed by atoms with E-state index in [9.17, 15) is 4.79 Å². The van der Waals surface area contributed by atoms with Crippen molar-refractivity contribution < 1.29 is 9.21 Å². The van der Waals surface area contributed by atoms with E-state index in [1.807, 2.05) is 35.9 Å². The molecule has 0 radical (unpaired) electrons. The van der Waals surface area contributed by atoms with Crippen molar-refractivity contribution in [3.63, 3.8) is 0 Å². The summed E-state index contributed by atoms with van der Waals surface area (Å²) in [5, 5.41) is 11.5. The van der Waals surface area contributed by atoms with Gasteiger partial charge in [-0.3, -0.25) is 4.79 Å². The van der Waals surface area contributed by atoms with Crippen molar-refractivity contribution in [2.45, 2.75) is 17.0 Å². The molecule has 7 heteroatoms. The number of furan rings is 1. The van der Waals surface area contributed by atoms with Crippen LogP contribution in [0.2, 0.25) is 0 Å². The van der Waals surface area contributed by atoms with Crippen molar-refractivity contribution in [2.75, 3.05) is 5.32 Å². The minimum atomic E-state index is -0.279. The van der Waals surface area contributed by atoms with Crippen LogP contribution in [-0.4, -0.2) is 20.7 Å². The predicted octanol–water partition coefficient (Wildman–Crippen LogP) is 3.12. The Bertz CT molecular complexity index is 809. The van der Waals surface area contributed by atoms with E-state index in [-0.39, 0.29) is 11.7 Å². The molecular weight excluding hydrogens is 300 g/mol. The van der Waals surface area contributed by atoms with E-state index in [0.29, 0.717) is 11.4 Å². The zero-order valence-corrected chi connectivity index (χ0v) is 12.9. The van der Waals surface area contributed by atoms with Crippen molar-refractivity contribution in [1.82, 2.24) is 14.8 Å². The second-order valence-electron chi connectivity index (χ2n) is 4.69. The van der Waals surface area contributed by atoms with Gasteiger partial charge in [-0.05, 0) is 43.0 Å². The quantitative estimate of drug-likeness (QED) is 0.801. The van der Waals surface area contributed by atoms with Gasteiger partial charge in [-0.1, -0.05) is 12.1 Å². The molecule has 2 aromatic heterocycles. The first-order chi connectivity index (χ1) is 10.6. The fraction of sp³-hybridized carbons (Fsp3) is 0.133. The molecule has 1 amide bonds. The van der Waals surface area contributed by atoms with Crippen LogP contribution in [0, 0.1) is 6.92 Å². The second kappa shape index (κ2) is 6.07. The molecule has 0 saturated heterocycles. The Labute approximate surface area is 131 Å². The molecule has 0 atom stereocenters. The molecule has 0 fully saturated rings. The minimum Gasteiger partial charge on any atom is -0.456 e. The number of benzene rings is 1. The number of nitrogens with one attached hydrogen (secondary N) is 1. The summed E-state index contributed by atoms with van der Waals surface area (Å²) >= 11 is 1.43. The monoisotopic (exact) mass is 314 g/mol. The van der Waals surface area contributed by atoms with Crippen LogP contribution in [0.5, 0.6) is 0 Å². The number of anilines is 1. The predicted molar refractivity (Wildman–Crippen MR) is 83.0 cm³/mol. The molecule has 112 valence electrons. The van der Waals surface area contributed by atoms with Gasteiger partial charge in [0.15, 0.2) is 10.9 Å². The molecule has 3 rings (SSSR count). The Kier molecular flexibility index (Phi) is 3.97. The van der Waals surface area contributed by atoms with Gasteiger partial charge < -0.3 is 14.3 Å². The molecule has 1 aromatic carbocycles. The minimum absolute atomic E-state index is 0.279. The normalized spacial score (nSPS) is 10.6. The Hall–Kier alpha value is -2.54. The van der Waals surface area contributed by atoms with Crippen LogP contribution >= 0.6 is 11.8 Å². The number of rotatable bonds is 4. The average molecular weight is 314 g/mol. The van der Waals surface area contributed by atoms with E-state index in [4.69, 9.17) is 4.42 Å². The summed E-state index contributed by atoms with van der Waals surface area (Å²) in [6, 6.07) is 10.9. The van der Waals surface area contributed by atoms with Gasteiger partial charge >= 0.3 is 0 Å². The van der Waals surface area contributed by atoms with Crippen LogP contribution in [0.3, 0.4) is 0 Å². The van der Waals surface area contributed by atoms with Crippen molar-refractivity contribution in [3.05, 3.63) is 54.2 Å². The molecule has 0 bridgehead atoms. The molecular formula is C15H14N4O2S. The molecule has 0 spiro atoms. The van der Waals surface area contributed by atoms with Crippen molar-refractivity contribution in [3.8, 4) is 0 Å². The van der Waals surface area contributed by atoms with E-state index < -0.39 is 0 Å². The van der Waals surface area contributed by atoms with Crippen LogP contribution in [-0.2, 0) is 7.05 Å². The number of carbonyl (C=O) groups is 1. The number of carbonyl (C=O) groups excluding carboxylic acids is 1. The van der Waals surface area contributed by atoms with Gasteiger partial charge in [-0.2, -0.15) is 0 Å². The van der Waals surface area contributed by atoms with Crippen molar-refractivity contribution in [2.24, 2.45) is 7.05 Å². The van der Waals surface area contributed by atoms with Gasteiger partial charge in [0.2, 0.25) is 0 Å². The lowest BCUT2D eigenvalue weighted by atomic mass is 10.3. The fourth-order valence-electron chi connectivity index (χ4n) is 1.86. The van der Waals surface area contributed by atoms with Gasteiger partial charge in [-0.15, -0.1) is 10.2 Å². The highest BCUT2D eigenvalue weighted by atomic mass is 32.2. The van der Waals surface area contributed by atoms with E-state index in [1.165, 1.54) is 11.8 Å². The third-order valence-corrected chi connectivity index (χ3v) is 4.10. The maximum absolute atomic E-state index is 12.2. The van der Waals surface area contributed by atoms with Crippen molar-refractivity contribution >= 4 is 23.4 Å². The number of hydrogen-bond donors (Lipinski definition) is 1. The number of aromatic nitrogens is 3. The number of nitrogens with zero attached hydrogens (tertiary/aromatic N) is 3. The standard InChI is InChI=1S/C15H14N4O2S/c1-10-7-8-12(21-10)14(20)17-11-5-3-4-6-13(11)22-15-18-16-9-19(15)2/h3-9H,1-2H3,(H,17,20). The smallest absolute Gasteiger partial charge is 0.291 e. The highest BCUT2D eigenvalue weighted by molar-refractivity contribution is 7.99. The Morgan fingerprint density at radius 1 is 1.27 bits per heavy atom. The van der Waals surface area contributed by atoms with Gasteiger partial charge in [0.05, 0.1) is 5.69 Å². The van der Waals surface area contributed by atoms with Crippen LogP contribution in [0.25, 0.3) is 0 Å². The van der Waals surface area contributed by atoms with E-state index in [2.05, 4.69) is 15.5 Å². The number of para-hydroxylation sites is 1. The van der Waals surface area contributed by atoms with Gasteiger partial charge in [-0.25, -0.2) is 0 Å². The van der Waals surface area contributed by atoms with Gasteiger partial charge in [0.1, 0.15) is 12.1 Å². The lowest BCUT2D eigenvalue weighted by Crippen LogP contribution is -2.11. The Morgan fingerprint density at radius 3 is 2.77 bits per heavy atom. The zero-order valence-electron chi connectivity index (χ0n) is 12.1. The molecule has 6 nitrogen and oxygen atoms in total. The second-order valence-corrected chi connectivity index (χ2v) is 5.70. The van der Waals surface area contributed by atoms with Crippen LogP contribution in [0.15, 0.2) is 57.2 Å². The highest BCUT2D eigenvalue weighted by Crippen LogP contribution is 2.32. The van der Waals surface area contributed by atoms with E-state index in [0.717, 1.165) is 10.1 Å². The van der Waals surface area contributed by atoms with Crippen LogP contribution in [0.4, 0.5) is 5.69 Å². The first-order valence-corrected chi connectivity index (χ1v) is 7.44. The summed E-state index contributed by atoms with van der Waals surface area (Å²) in [5.74, 6) is 0.710. The first-order valence-electron chi connectivity index (χ1n) is 6.62. The Balaban J connectivity index is 1.82. The summed E-state index contributed by atoms with van der Waals surface area (Å²) in [7, 11) is 1.87. The molecule has 0 aliphatic rings. The van der Waals surface area contributed by atoms with Crippen LogP contribution < -0.4 is 5.32 Å². The maximum atomic E-state index is 12.2. The maximum Gasteiger partial charge on any atom is 0.291 e. The number of aryl methyl sites for hydroxylation is 2. The zero-order chi connectivity index (χ0) is 15.5. The summed E-state index contributed by atoms with van der Waals surface area (Å²) in [4.78, 5) is 13.1. The molecule has 0 aliphatic heterocycles. The van der Waals surface area contributed by atoms with Gasteiger partial charge in [0, 0.05) is 11.9 Å². The van der Waals surface area contributed by atoms with Gasteiger partial charge in [0.25, 0.3) is 5.91 Å². The summed E-state index contributed by atoms with van der Waals surface area (Å²) < 4.78 is 7.16. The molecule has 1 N–H and O–H groups in total. The number of amides is 1. The topological polar surface area (TPSA) is 73.0 Å². The average Bonchev–Trinajstić information content (AvgIpc) is 3.10. The van der Waals surface area contributed by atoms with E-state index in [1.54, 1.807) is 25.4 Å². The molecule has 0 saturated carbocycles. The summed E-state index contributed by atoms with van der Waals surface area (Å²) in [6.45, 7) is 1.80. The third-order valence-electron chi connectivity index (χ3n) is 2.97. The molecule has 0 aliphatic carbocycles. The highest BCUT2D eigenvalue weighted by Gasteiger charge is 2.14. The molecule has 0 unspecified atom stereocenters. The molecule has 22 heavy (non-hydrogen) atoms. The summed E-state index contributed by atoms with van der Waals surface area (Å²) in [5.41, 5.74) is 0.703. The lowest BCUT2D eigenvalue weighted by molar-refractivity contribution is 0.0995. The first kappa shape index (κ1) is 14.4. The molecule has 2 heterocycles. The fourth-order valence-corrected chi connectivity index (χ4v) is 2.71. The van der Waals surface area contributed by atoms with Crippen molar-refractivity contribution in [1.29, 1.82) is 0 Å². The lowest BCUT2D eigenvalue weighted by Gasteiger charge is -2.09. The SMILES string of the molecule is Cc1ccc(C(=O)Nc2ccccc2Sc2nncn2C)o1. The van der Waals surface area contributed by atoms with E-state index >= 15 is 0 Å². The third kappa shape index (κ3) is 3.04. The molecule has 3 aromatic rings. The number of hydrogen-bond acceptors (Lipinski definition) is 5. The largest absolute Gasteiger partial charge is 0.456 e. The Morgan fingerprint density at radius 2 is 2.09 bits per heavy atom. The summed E-state index contributed by atoms with van der Waals surface area (Å²) in [6.07, 6.45) is 1.63.